The number of esters is 1. The number of rotatable bonds is 7. The molecule has 2 rings (SSSR count). The van der Waals surface area contributed by atoms with Gasteiger partial charge in [-0.05, 0) is 42.0 Å². The number of benzene rings is 2. The molecule has 0 radical (unpaired) electrons. The van der Waals surface area contributed by atoms with E-state index < -0.39 is 18.0 Å². The van der Waals surface area contributed by atoms with Crippen molar-refractivity contribution in [3.8, 4) is 5.75 Å². The molecule has 0 aliphatic rings. The van der Waals surface area contributed by atoms with Gasteiger partial charge in [0.1, 0.15) is 18.2 Å². The summed E-state index contributed by atoms with van der Waals surface area (Å²) in [5, 5.41) is 2.55. The van der Waals surface area contributed by atoms with E-state index in [0.717, 1.165) is 0 Å². The van der Waals surface area contributed by atoms with Gasteiger partial charge in [-0.3, -0.25) is 4.79 Å². The van der Waals surface area contributed by atoms with Crippen molar-refractivity contribution in [1.82, 2.24) is 0 Å². The molecule has 0 spiro atoms. The Morgan fingerprint density at radius 3 is 2.44 bits per heavy atom. The van der Waals surface area contributed by atoms with Crippen molar-refractivity contribution in [2.45, 2.75) is 12.7 Å². The zero-order valence-corrected chi connectivity index (χ0v) is 13.8. The van der Waals surface area contributed by atoms with Crippen LogP contribution >= 0.6 is 0 Å². The molecule has 0 aliphatic heterocycles. The number of anilines is 1. The molecule has 25 heavy (non-hydrogen) atoms. The van der Waals surface area contributed by atoms with Crippen LogP contribution in [0.2, 0.25) is 0 Å². The quantitative estimate of drug-likeness (QED) is 0.615. The predicted molar refractivity (Wildman–Crippen MR) is 88.6 cm³/mol. The van der Waals surface area contributed by atoms with E-state index in [4.69, 9.17) is 9.47 Å². The Kier molecular flexibility index (Phi) is 6.47. The fraction of sp³-hybridized carbons (Fsp3) is 0.222. The van der Waals surface area contributed by atoms with E-state index in [1.165, 1.54) is 26.4 Å². The van der Waals surface area contributed by atoms with E-state index in [9.17, 15) is 14.0 Å². The van der Waals surface area contributed by atoms with E-state index in [2.05, 4.69) is 10.1 Å². The topological polar surface area (TPSA) is 73.9 Å². The van der Waals surface area contributed by atoms with Crippen molar-refractivity contribution < 1.29 is 28.2 Å². The van der Waals surface area contributed by atoms with Crippen molar-refractivity contribution in [3.05, 3.63) is 59.9 Å². The van der Waals surface area contributed by atoms with Crippen LogP contribution in [-0.2, 0) is 25.7 Å². The first-order valence-electron chi connectivity index (χ1n) is 7.42. The summed E-state index contributed by atoms with van der Waals surface area (Å²) in [6, 6.07) is 12.7. The number of hydrogen-bond acceptors (Lipinski definition) is 5. The van der Waals surface area contributed by atoms with Gasteiger partial charge in [0, 0.05) is 12.8 Å². The molecular weight excluding hydrogens is 329 g/mol. The third-order valence-corrected chi connectivity index (χ3v) is 3.31. The van der Waals surface area contributed by atoms with Crippen LogP contribution in [0.15, 0.2) is 48.5 Å². The third kappa shape index (κ3) is 5.29. The Labute approximate surface area is 144 Å². The van der Waals surface area contributed by atoms with Crippen molar-refractivity contribution in [3.63, 3.8) is 0 Å². The van der Waals surface area contributed by atoms with E-state index >= 15 is 0 Å². The summed E-state index contributed by atoms with van der Waals surface area (Å²) in [6.45, 7) is 0.220. The maximum atomic E-state index is 13.1. The zero-order valence-electron chi connectivity index (χ0n) is 13.8. The Morgan fingerprint density at radius 2 is 1.84 bits per heavy atom. The van der Waals surface area contributed by atoms with Crippen molar-refractivity contribution in [2.75, 3.05) is 19.5 Å². The average molecular weight is 347 g/mol. The van der Waals surface area contributed by atoms with Gasteiger partial charge in [0.15, 0.2) is 0 Å². The van der Waals surface area contributed by atoms with Crippen molar-refractivity contribution in [2.24, 2.45) is 0 Å². The molecule has 0 saturated carbocycles. The summed E-state index contributed by atoms with van der Waals surface area (Å²) in [5.74, 6) is -1.19. The van der Waals surface area contributed by atoms with Crippen LogP contribution in [0.25, 0.3) is 0 Å². The molecule has 1 N–H and O–H groups in total. The minimum Gasteiger partial charge on any atom is -0.489 e. The molecule has 2 aromatic carbocycles. The number of halogens is 1. The van der Waals surface area contributed by atoms with Crippen LogP contribution in [0.4, 0.5) is 10.1 Å². The minimum atomic E-state index is -1.34. The first-order chi connectivity index (χ1) is 12.0. The minimum absolute atomic E-state index is 0.220. The summed E-state index contributed by atoms with van der Waals surface area (Å²) in [4.78, 5) is 23.4. The molecule has 0 aromatic heterocycles. The lowest BCUT2D eigenvalue weighted by atomic mass is 10.2. The molecule has 1 amide bonds. The number of amides is 1. The average Bonchev–Trinajstić information content (AvgIpc) is 2.61. The van der Waals surface area contributed by atoms with E-state index in [-0.39, 0.29) is 12.4 Å². The van der Waals surface area contributed by atoms with Crippen molar-refractivity contribution in [1.29, 1.82) is 0 Å². The molecule has 2 aromatic rings. The van der Waals surface area contributed by atoms with Gasteiger partial charge in [0.2, 0.25) is 6.10 Å². The number of nitrogens with one attached hydrogen (secondary N) is 1. The SMILES string of the molecule is COC(=O)C(OC)C(=O)Nc1ccc(OCc2cccc(F)c2)cc1. The lowest BCUT2D eigenvalue weighted by Gasteiger charge is -2.13. The highest BCUT2D eigenvalue weighted by Crippen LogP contribution is 2.18. The maximum absolute atomic E-state index is 13.1. The molecule has 0 aliphatic carbocycles. The molecule has 1 unspecified atom stereocenters. The van der Waals surface area contributed by atoms with Crippen LogP contribution in [0.1, 0.15) is 5.56 Å². The molecule has 6 nitrogen and oxygen atoms in total. The number of methoxy groups -OCH3 is 2. The van der Waals surface area contributed by atoms with Gasteiger partial charge in [-0.2, -0.15) is 0 Å². The molecule has 0 heterocycles. The van der Waals surface area contributed by atoms with Crippen LogP contribution in [0.3, 0.4) is 0 Å². The summed E-state index contributed by atoms with van der Waals surface area (Å²) < 4.78 is 28.0. The molecule has 7 heteroatoms. The molecule has 0 fully saturated rings. The second kappa shape index (κ2) is 8.79. The highest BCUT2D eigenvalue weighted by Gasteiger charge is 2.27. The molecule has 0 saturated heterocycles. The third-order valence-electron chi connectivity index (χ3n) is 3.31. The van der Waals surface area contributed by atoms with E-state index in [0.29, 0.717) is 17.0 Å². The number of hydrogen-bond donors (Lipinski definition) is 1. The second-order valence-electron chi connectivity index (χ2n) is 5.07. The van der Waals surface area contributed by atoms with Gasteiger partial charge in [-0.1, -0.05) is 12.1 Å². The van der Waals surface area contributed by atoms with Crippen LogP contribution < -0.4 is 10.1 Å². The van der Waals surface area contributed by atoms with E-state index in [1.54, 1.807) is 36.4 Å². The molecule has 0 bridgehead atoms. The van der Waals surface area contributed by atoms with Crippen LogP contribution in [0, 0.1) is 5.82 Å². The van der Waals surface area contributed by atoms with Gasteiger partial charge in [-0.25, -0.2) is 9.18 Å². The van der Waals surface area contributed by atoms with Gasteiger partial charge in [0.05, 0.1) is 7.11 Å². The number of carbonyl (C=O) groups is 2. The van der Waals surface area contributed by atoms with Gasteiger partial charge < -0.3 is 19.5 Å². The maximum Gasteiger partial charge on any atom is 0.344 e. The smallest absolute Gasteiger partial charge is 0.344 e. The molecule has 132 valence electrons. The summed E-state index contributed by atoms with van der Waals surface area (Å²) in [7, 11) is 2.41. The van der Waals surface area contributed by atoms with Crippen molar-refractivity contribution >= 4 is 17.6 Å². The fourth-order valence-electron chi connectivity index (χ4n) is 2.05. The Morgan fingerprint density at radius 1 is 1.12 bits per heavy atom. The lowest BCUT2D eigenvalue weighted by molar-refractivity contribution is -0.156. The normalized spacial score (nSPS) is 11.5. The largest absolute Gasteiger partial charge is 0.489 e. The van der Waals surface area contributed by atoms with E-state index in [1.807, 2.05) is 0 Å². The number of carbonyl (C=O) groups excluding carboxylic acids is 2. The second-order valence-corrected chi connectivity index (χ2v) is 5.07. The highest BCUT2D eigenvalue weighted by molar-refractivity contribution is 6.07. The Balaban J connectivity index is 1.93. The summed E-state index contributed by atoms with van der Waals surface area (Å²) in [5.41, 5.74) is 1.17. The van der Waals surface area contributed by atoms with Gasteiger partial charge in [0.25, 0.3) is 5.91 Å². The molecule has 1 atom stereocenters. The van der Waals surface area contributed by atoms with Crippen LogP contribution in [0.5, 0.6) is 5.75 Å². The van der Waals surface area contributed by atoms with Gasteiger partial charge in [-0.15, -0.1) is 0 Å². The zero-order chi connectivity index (χ0) is 18.2. The molecular formula is C18H18FNO5. The standard InChI is InChI=1S/C18H18FNO5/c1-23-16(18(22)24-2)17(21)20-14-6-8-15(9-7-14)25-11-12-4-3-5-13(19)10-12/h3-10,16H,11H2,1-2H3,(H,20,21). The monoisotopic (exact) mass is 347 g/mol. The van der Waals surface area contributed by atoms with Gasteiger partial charge >= 0.3 is 5.97 Å². The summed E-state index contributed by atoms with van der Waals surface area (Å²) >= 11 is 0. The fourth-order valence-corrected chi connectivity index (χ4v) is 2.05. The first-order valence-corrected chi connectivity index (χ1v) is 7.42. The number of ether oxygens (including phenoxy) is 3. The summed E-state index contributed by atoms with van der Waals surface area (Å²) in [6.07, 6.45) is -1.34. The predicted octanol–water partition coefficient (Wildman–Crippen LogP) is 2.53. The lowest BCUT2D eigenvalue weighted by Crippen LogP contribution is -2.37. The first kappa shape index (κ1) is 18.4. The highest BCUT2D eigenvalue weighted by atomic mass is 19.1. The van der Waals surface area contributed by atoms with Crippen LogP contribution in [-0.4, -0.2) is 32.2 Å². The Bertz CT molecular complexity index is 733. The Hall–Kier alpha value is -2.93.